The van der Waals surface area contributed by atoms with Crippen LogP contribution in [0.25, 0.3) is 0 Å². The lowest BCUT2D eigenvalue weighted by molar-refractivity contribution is -0.137. The largest absolute Gasteiger partial charge is 0.493 e. The molecule has 0 bridgehead atoms. The number of pyridine rings is 1. The Bertz CT molecular complexity index is 746. The van der Waals surface area contributed by atoms with Crippen LogP contribution < -0.4 is 14.9 Å². The molecule has 0 fully saturated rings. The Kier molecular flexibility index (Phi) is 6.43. The molecule has 1 heterocycles. The fourth-order valence-corrected chi connectivity index (χ4v) is 1.96. The number of halogens is 3. The van der Waals surface area contributed by atoms with Gasteiger partial charge in [0.1, 0.15) is 5.82 Å². The highest BCUT2D eigenvalue weighted by molar-refractivity contribution is 5.81. The van der Waals surface area contributed by atoms with E-state index in [4.69, 9.17) is 9.47 Å². The molecule has 0 saturated carbocycles. The van der Waals surface area contributed by atoms with Crippen LogP contribution in [0.5, 0.6) is 11.5 Å². The monoisotopic (exact) mass is 367 g/mol. The third kappa shape index (κ3) is 5.37. The number of benzene rings is 1. The van der Waals surface area contributed by atoms with E-state index in [0.29, 0.717) is 11.5 Å². The lowest BCUT2D eigenvalue weighted by Crippen LogP contribution is -2.10. The Morgan fingerprint density at radius 3 is 2.58 bits per heavy atom. The lowest BCUT2D eigenvalue weighted by atomic mass is 10.2. The van der Waals surface area contributed by atoms with Crippen LogP contribution in [0.3, 0.4) is 0 Å². The predicted molar refractivity (Wildman–Crippen MR) is 93.8 cm³/mol. The van der Waals surface area contributed by atoms with Crippen molar-refractivity contribution in [1.29, 1.82) is 0 Å². The molecule has 1 N–H and O–H groups in total. The first-order chi connectivity index (χ1) is 12.3. The van der Waals surface area contributed by atoms with E-state index in [9.17, 15) is 13.2 Å². The summed E-state index contributed by atoms with van der Waals surface area (Å²) in [5.41, 5.74) is 2.51. The molecule has 2 aromatic rings. The van der Waals surface area contributed by atoms with E-state index < -0.39 is 11.7 Å². The number of ether oxygens (including phenoxy) is 2. The third-order valence-corrected chi connectivity index (χ3v) is 3.57. The number of hydrazone groups is 1. The number of aromatic nitrogens is 1. The van der Waals surface area contributed by atoms with Crippen molar-refractivity contribution in [1.82, 2.24) is 4.98 Å². The van der Waals surface area contributed by atoms with Crippen molar-refractivity contribution in [3.05, 3.63) is 47.7 Å². The summed E-state index contributed by atoms with van der Waals surface area (Å²) in [6.45, 7) is 3.99. The van der Waals surface area contributed by atoms with Gasteiger partial charge in [0.25, 0.3) is 0 Å². The molecule has 26 heavy (non-hydrogen) atoms. The molecule has 8 heteroatoms. The Morgan fingerprint density at radius 2 is 2.00 bits per heavy atom. The number of anilines is 1. The first-order valence-electron chi connectivity index (χ1n) is 8.00. The zero-order valence-electron chi connectivity index (χ0n) is 14.7. The summed E-state index contributed by atoms with van der Waals surface area (Å²) in [6.07, 6.45) is -1.21. The van der Waals surface area contributed by atoms with Crippen LogP contribution in [0.2, 0.25) is 0 Å². The highest BCUT2D eigenvalue weighted by Gasteiger charge is 2.30. The molecule has 1 aromatic carbocycles. The van der Waals surface area contributed by atoms with Crippen LogP contribution in [-0.4, -0.2) is 24.4 Å². The number of nitrogens with zero attached hydrogens (tertiary/aromatic N) is 2. The Labute approximate surface area is 149 Å². The quantitative estimate of drug-likeness (QED) is 0.568. The van der Waals surface area contributed by atoms with Gasteiger partial charge in [0.15, 0.2) is 11.5 Å². The topological polar surface area (TPSA) is 55.7 Å². The Balaban J connectivity index is 2.03. The summed E-state index contributed by atoms with van der Waals surface area (Å²) < 4.78 is 48.5. The maximum atomic E-state index is 12.5. The van der Waals surface area contributed by atoms with Gasteiger partial charge in [-0.3, -0.25) is 5.43 Å². The van der Waals surface area contributed by atoms with Crippen molar-refractivity contribution >= 4 is 12.0 Å². The minimum Gasteiger partial charge on any atom is -0.493 e. The van der Waals surface area contributed by atoms with Gasteiger partial charge in [-0.2, -0.15) is 18.3 Å². The third-order valence-electron chi connectivity index (χ3n) is 3.57. The van der Waals surface area contributed by atoms with Crippen LogP contribution in [0, 0.1) is 0 Å². The fraction of sp³-hybridized carbons (Fsp3) is 0.333. The van der Waals surface area contributed by atoms with Crippen LogP contribution in [-0.2, 0) is 6.18 Å². The summed E-state index contributed by atoms with van der Waals surface area (Å²) >= 11 is 0. The van der Waals surface area contributed by atoms with Crippen molar-refractivity contribution in [3.63, 3.8) is 0 Å². The average molecular weight is 367 g/mol. The highest BCUT2D eigenvalue weighted by Crippen LogP contribution is 2.29. The van der Waals surface area contributed by atoms with Crippen molar-refractivity contribution in [2.75, 3.05) is 12.5 Å². The second-order valence-corrected chi connectivity index (χ2v) is 5.55. The van der Waals surface area contributed by atoms with Crippen molar-refractivity contribution in [2.24, 2.45) is 5.10 Å². The Morgan fingerprint density at radius 1 is 1.23 bits per heavy atom. The summed E-state index contributed by atoms with van der Waals surface area (Å²) in [7, 11) is 1.55. The molecule has 0 spiro atoms. The van der Waals surface area contributed by atoms with Crippen molar-refractivity contribution in [2.45, 2.75) is 32.5 Å². The summed E-state index contributed by atoms with van der Waals surface area (Å²) in [6, 6.07) is 7.48. The van der Waals surface area contributed by atoms with Crippen molar-refractivity contribution < 1.29 is 22.6 Å². The van der Waals surface area contributed by atoms with E-state index in [1.165, 1.54) is 12.3 Å². The maximum absolute atomic E-state index is 12.5. The number of methoxy groups -OCH3 is 1. The van der Waals surface area contributed by atoms with Gasteiger partial charge in [0, 0.05) is 6.20 Å². The number of nitrogens with one attached hydrogen (secondary N) is 1. The van der Waals surface area contributed by atoms with Crippen molar-refractivity contribution in [3.8, 4) is 11.5 Å². The Hall–Kier alpha value is -2.77. The highest BCUT2D eigenvalue weighted by atomic mass is 19.4. The molecule has 0 aliphatic rings. The number of alkyl halides is 3. The normalized spacial score (nSPS) is 12.8. The van der Waals surface area contributed by atoms with Gasteiger partial charge >= 0.3 is 6.18 Å². The molecule has 0 aliphatic heterocycles. The maximum Gasteiger partial charge on any atom is 0.417 e. The number of rotatable bonds is 7. The molecule has 1 atom stereocenters. The molecule has 0 radical (unpaired) electrons. The van der Waals surface area contributed by atoms with Gasteiger partial charge in [-0.15, -0.1) is 0 Å². The molecule has 5 nitrogen and oxygen atoms in total. The van der Waals surface area contributed by atoms with E-state index in [1.807, 2.05) is 13.8 Å². The van der Waals surface area contributed by atoms with Gasteiger partial charge in [-0.1, -0.05) is 6.92 Å². The van der Waals surface area contributed by atoms with E-state index >= 15 is 0 Å². The first-order valence-corrected chi connectivity index (χ1v) is 8.00. The zero-order valence-corrected chi connectivity index (χ0v) is 14.7. The molecular formula is C18H20F3N3O2. The second-order valence-electron chi connectivity index (χ2n) is 5.55. The van der Waals surface area contributed by atoms with Gasteiger partial charge in [0.2, 0.25) is 0 Å². The smallest absolute Gasteiger partial charge is 0.417 e. The minimum atomic E-state index is -4.41. The molecule has 2 rings (SSSR count). The fourth-order valence-electron chi connectivity index (χ4n) is 1.96. The minimum absolute atomic E-state index is 0.0656. The van der Waals surface area contributed by atoms with E-state index in [-0.39, 0.29) is 11.9 Å². The molecule has 140 valence electrons. The van der Waals surface area contributed by atoms with Gasteiger partial charge in [-0.05, 0) is 49.2 Å². The van der Waals surface area contributed by atoms with Crippen LogP contribution in [0.1, 0.15) is 31.4 Å². The van der Waals surface area contributed by atoms with E-state index in [2.05, 4.69) is 15.5 Å². The SMILES string of the molecule is CC[C@@H](C)Oc1ccc(/C=N\Nc2ccc(C(F)(F)F)cn2)cc1OC. The summed E-state index contributed by atoms with van der Waals surface area (Å²) in [5, 5.41) is 3.97. The predicted octanol–water partition coefficient (Wildman–Crippen LogP) is 4.73. The van der Waals surface area contributed by atoms with Gasteiger partial charge < -0.3 is 9.47 Å². The molecule has 0 aliphatic carbocycles. The van der Waals surface area contributed by atoms with Gasteiger partial charge in [0.05, 0.1) is 25.0 Å². The molecule has 0 amide bonds. The molecular weight excluding hydrogens is 347 g/mol. The van der Waals surface area contributed by atoms with Crippen LogP contribution in [0.4, 0.5) is 19.0 Å². The standard InChI is InChI=1S/C18H20F3N3O2/c1-4-12(2)26-15-7-5-13(9-16(15)25-3)10-23-24-17-8-6-14(11-22-17)18(19,20)21/h5-12H,4H2,1-3H3,(H,22,24)/b23-10-/t12-/m1/s1. The van der Waals surface area contributed by atoms with Gasteiger partial charge in [-0.25, -0.2) is 4.98 Å². The summed E-state index contributed by atoms with van der Waals surface area (Å²) in [5.74, 6) is 1.41. The zero-order chi connectivity index (χ0) is 19.2. The molecule has 1 aromatic heterocycles. The number of hydrogen-bond donors (Lipinski definition) is 1. The number of hydrogen-bond acceptors (Lipinski definition) is 5. The van der Waals surface area contributed by atoms with Crippen LogP contribution in [0.15, 0.2) is 41.6 Å². The second kappa shape index (κ2) is 8.55. The summed E-state index contributed by atoms with van der Waals surface area (Å²) in [4.78, 5) is 3.68. The molecule has 0 unspecified atom stereocenters. The lowest BCUT2D eigenvalue weighted by Gasteiger charge is -2.15. The first kappa shape index (κ1) is 19.6. The van der Waals surface area contributed by atoms with E-state index in [0.717, 1.165) is 24.2 Å². The average Bonchev–Trinajstić information content (AvgIpc) is 2.62. The van der Waals surface area contributed by atoms with Crippen LogP contribution >= 0.6 is 0 Å². The van der Waals surface area contributed by atoms with E-state index in [1.54, 1.807) is 25.3 Å². The molecule has 0 saturated heterocycles.